The molecule has 130 valence electrons. The Bertz CT molecular complexity index is 861. The number of carbonyl (C=O) groups excluding carboxylic acids is 1. The van der Waals surface area contributed by atoms with Gasteiger partial charge in [0.2, 0.25) is 5.91 Å². The maximum Gasteiger partial charge on any atom is 0.233 e. The third-order valence-corrected chi connectivity index (χ3v) is 6.05. The SMILES string of the molecule is Cc1c(Cl)cccc1-n1ccnc1SCC(=O)N(C)Cc1cccs1. The van der Waals surface area contributed by atoms with Crippen molar-refractivity contribution >= 4 is 40.6 Å². The molecule has 0 aliphatic rings. The molecule has 1 amide bonds. The lowest BCUT2D eigenvalue weighted by Gasteiger charge is -2.16. The highest BCUT2D eigenvalue weighted by Gasteiger charge is 2.14. The Hall–Kier alpha value is -1.76. The number of carbonyl (C=O) groups is 1. The molecule has 0 aliphatic carbocycles. The highest BCUT2D eigenvalue weighted by molar-refractivity contribution is 7.99. The van der Waals surface area contributed by atoms with Gasteiger partial charge in [-0.25, -0.2) is 4.98 Å². The normalized spacial score (nSPS) is 10.8. The molecule has 2 aromatic heterocycles. The first kappa shape index (κ1) is 18.0. The first-order valence-corrected chi connectivity index (χ1v) is 9.98. The van der Waals surface area contributed by atoms with Gasteiger partial charge >= 0.3 is 0 Å². The fourth-order valence-corrected chi connectivity index (χ4v) is 4.23. The first-order valence-electron chi connectivity index (χ1n) is 7.74. The van der Waals surface area contributed by atoms with Crippen LogP contribution in [0, 0.1) is 6.92 Å². The predicted octanol–water partition coefficient (Wildman–Crippen LogP) is 4.65. The summed E-state index contributed by atoms with van der Waals surface area (Å²) in [5.74, 6) is 0.425. The van der Waals surface area contributed by atoms with Crippen LogP contribution in [0.4, 0.5) is 0 Å². The molecule has 0 radical (unpaired) electrons. The maximum absolute atomic E-state index is 12.4. The van der Waals surface area contributed by atoms with E-state index in [-0.39, 0.29) is 5.91 Å². The summed E-state index contributed by atoms with van der Waals surface area (Å²) in [4.78, 5) is 19.7. The molecular formula is C18H18ClN3OS2. The summed E-state index contributed by atoms with van der Waals surface area (Å²) in [6.45, 7) is 2.62. The molecule has 0 atom stereocenters. The van der Waals surface area contributed by atoms with E-state index >= 15 is 0 Å². The van der Waals surface area contributed by atoms with E-state index in [0.29, 0.717) is 17.3 Å². The molecule has 0 N–H and O–H groups in total. The second-order valence-corrected chi connectivity index (χ2v) is 7.96. The van der Waals surface area contributed by atoms with Gasteiger partial charge in [-0.15, -0.1) is 11.3 Å². The van der Waals surface area contributed by atoms with Crippen molar-refractivity contribution in [2.45, 2.75) is 18.6 Å². The number of amides is 1. The Morgan fingerprint density at radius 1 is 1.36 bits per heavy atom. The van der Waals surface area contributed by atoms with Crippen molar-refractivity contribution in [2.24, 2.45) is 0 Å². The van der Waals surface area contributed by atoms with E-state index in [1.54, 1.807) is 22.4 Å². The van der Waals surface area contributed by atoms with Gasteiger partial charge in [-0.3, -0.25) is 9.36 Å². The van der Waals surface area contributed by atoms with Crippen LogP contribution >= 0.6 is 34.7 Å². The van der Waals surface area contributed by atoms with E-state index in [9.17, 15) is 4.79 Å². The van der Waals surface area contributed by atoms with Crippen molar-refractivity contribution in [3.8, 4) is 5.69 Å². The summed E-state index contributed by atoms with van der Waals surface area (Å²) in [6, 6.07) is 9.82. The minimum atomic E-state index is 0.0794. The van der Waals surface area contributed by atoms with E-state index in [1.165, 1.54) is 16.6 Å². The Labute approximate surface area is 160 Å². The van der Waals surface area contributed by atoms with Gasteiger partial charge in [-0.2, -0.15) is 0 Å². The lowest BCUT2D eigenvalue weighted by Crippen LogP contribution is -2.27. The summed E-state index contributed by atoms with van der Waals surface area (Å²) in [6.07, 6.45) is 3.63. The van der Waals surface area contributed by atoms with Crippen LogP contribution in [0.3, 0.4) is 0 Å². The van der Waals surface area contributed by atoms with Gasteiger partial charge in [0.05, 0.1) is 18.0 Å². The zero-order valence-corrected chi connectivity index (χ0v) is 16.4. The Morgan fingerprint density at radius 2 is 2.20 bits per heavy atom. The molecule has 0 fully saturated rings. The van der Waals surface area contributed by atoms with Crippen LogP contribution in [-0.4, -0.2) is 33.2 Å². The fraction of sp³-hybridized carbons (Fsp3) is 0.222. The average molecular weight is 392 g/mol. The van der Waals surface area contributed by atoms with Gasteiger partial charge in [-0.1, -0.05) is 35.5 Å². The van der Waals surface area contributed by atoms with Crippen molar-refractivity contribution in [1.82, 2.24) is 14.5 Å². The summed E-state index contributed by atoms with van der Waals surface area (Å²) in [5.41, 5.74) is 1.97. The molecule has 7 heteroatoms. The summed E-state index contributed by atoms with van der Waals surface area (Å²) < 4.78 is 1.97. The largest absolute Gasteiger partial charge is 0.340 e. The molecule has 0 bridgehead atoms. The van der Waals surface area contributed by atoms with Crippen LogP contribution in [0.15, 0.2) is 53.3 Å². The topological polar surface area (TPSA) is 38.1 Å². The zero-order valence-electron chi connectivity index (χ0n) is 14.0. The number of hydrogen-bond acceptors (Lipinski definition) is 4. The van der Waals surface area contributed by atoms with Crippen LogP contribution in [-0.2, 0) is 11.3 Å². The van der Waals surface area contributed by atoms with Gasteiger partial charge in [0.25, 0.3) is 0 Å². The molecule has 0 unspecified atom stereocenters. The third-order valence-electron chi connectivity index (χ3n) is 3.83. The molecule has 0 spiro atoms. The summed E-state index contributed by atoms with van der Waals surface area (Å²) in [7, 11) is 1.83. The van der Waals surface area contributed by atoms with E-state index in [2.05, 4.69) is 4.98 Å². The lowest BCUT2D eigenvalue weighted by atomic mass is 10.2. The van der Waals surface area contributed by atoms with Gasteiger partial charge in [0.1, 0.15) is 0 Å². The van der Waals surface area contributed by atoms with Crippen molar-refractivity contribution in [3.05, 3.63) is 63.6 Å². The zero-order chi connectivity index (χ0) is 17.8. The van der Waals surface area contributed by atoms with Gasteiger partial charge in [0.15, 0.2) is 5.16 Å². The van der Waals surface area contributed by atoms with E-state index in [4.69, 9.17) is 11.6 Å². The van der Waals surface area contributed by atoms with Gasteiger partial charge < -0.3 is 4.90 Å². The summed E-state index contributed by atoms with van der Waals surface area (Å²) >= 11 is 9.31. The Kier molecular flexibility index (Phi) is 5.83. The number of thioether (sulfide) groups is 1. The highest BCUT2D eigenvalue weighted by atomic mass is 35.5. The average Bonchev–Trinajstić information content (AvgIpc) is 3.26. The second kappa shape index (κ2) is 8.08. The predicted molar refractivity (Wildman–Crippen MR) is 105 cm³/mol. The number of aromatic nitrogens is 2. The van der Waals surface area contributed by atoms with Gasteiger partial charge in [-0.05, 0) is 36.1 Å². The number of thiophene rings is 1. The van der Waals surface area contributed by atoms with Crippen LogP contribution in [0.1, 0.15) is 10.4 Å². The number of rotatable bonds is 6. The van der Waals surface area contributed by atoms with E-state index in [0.717, 1.165) is 16.4 Å². The third kappa shape index (κ3) is 4.26. The van der Waals surface area contributed by atoms with Crippen LogP contribution < -0.4 is 0 Å². The maximum atomic E-state index is 12.4. The molecule has 0 saturated carbocycles. The van der Waals surface area contributed by atoms with E-state index < -0.39 is 0 Å². The molecule has 3 aromatic rings. The molecular weight excluding hydrogens is 374 g/mol. The van der Waals surface area contributed by atoms with Crippen LogP contribution in [0.25, 0.3) is 5.69 Å². The van der Waals surface area contributed by atoms with Crippen molar-refractivity contribution in [2.75, 3.05) is 12.8 Å². The Morgan fingerprint density at radius 3 is 2.96 bits per heavy atom. The quantitative estimate of drug-likeness (QED) is 0.574. The number of hydrogen-bond donors (Lipinski definition) is 0. The number of nitrogens with zero attached hydrogens (tertiary/aromatic N) is 3. The van der Waals surface area contributed by atoms with E-state index in [1.807, 2.05) is 60.4 Å². The van der Waals surface area contributed by atoms with Gasteiger partial charge in [0, 0.05) is 29.3 Å². The fourth-order valence-electron chi connectivity index (χ4n) is 2.40. The van der Waals surface area contributed by atoms with Crippen molar-refractivity contribution < 1.29 is 4.79 Å². The van der Waals surface area contributed by atoms with Crippen LogP contribution in [0.2, 0.25) is 5.02 Å². The second-order valence-electron chi connectivity index (χ2n) is 5.58. The molecule has 0 aliphatic heterocycles. The molecule has 4 nitrogen and oxygen atoms in total. The Balaban J connectivity index is 1.67. The van der Waals surface area contributed by atoms with Crippen molar-refractivity contribution in [3.63, 3.8) is 0 Å². The molecule has 2 heterocycles. The number of halogens is 1. The highest BCUT2D eigenvalue weighted by Crippen LogP contribution is 2.26. The minimum Gasteiger partial charge on any atom is -0.340 e. The monoisotopic (exact) mass is 391 g/mol. The van der Waals surface area contributed by atoms with Crippen LogP contribution in [0.5, 0.6) is 0 Å². The molecule has 0 saturated heterocycles. The molecule has 1 aromatic carbocycles. The lowest BCUT2D eigenvalue weighted by molar-refractivity contribution is -0.127. The standard InChI is InChI=1S/C18H18ClN3OS2/c1-13-15(19)6-3-7-16(13)22-9-8-20-18(22)25-12-17(23)21(2)11-14-5-4-10-24-14/h3-10H,11-12H2,1-2H3. The van der Waals surface area contributed by atoms with Crippen molar-refractivity contribution in [1.29, 1.82) is 0 Å². The number of imidazole rings is 1. The minimum absolute atomic E-state index is 0.0794. The summed E-state index contributed by atoms with van der Waals surface area (Å²) in [5, 5.41) is 3.52. The smallest absolute Gasteiger partial charge is 0.233 e. The first-order chi connectivity index (χ1) is 12.1. The number of benzene rings is 1. The molecule has 3 rings (SSSR count). The molecule has 25 heavy (non-hydrogen) atoms.